The van der Waals surface area contributed by atoms with Crippen LogP contribution in [0.2, 0.25) is 0 Å². The molecule has 1 unspecified atom stereocenters. The van der Waals surface area contributed by atoms with Gasteiger partial charge in [-0.3, -0.25) is 4.79 Å². The monoisotopic (exact) mass is 231 g/mol. The van der Waals surface area contributed by atoms with Crippen LogP contribution in [0.5, 0.6) is 0 Å². The summed E-state index contributed by atoms with van der Waals surface area (Å²) >= 11 is 1.73. The van der Waals surface area contributed by atoms with Gasteiger partial charge in [-0.05, 0) is 37.5 Å². The second-order valence-electron chi connectivity index (χ2n) is 4.65. The molecule has 1 heterocycles. The minimum absolute atomic E-state index is 0.637. The lowest BCUT2D eigenvalue weighted by atomic mass is 9.98. The molecule has 0 amide bonds. The lowest BCUT2D eigenvalue weighted by Gasteiger charge is -2.24. The Morgan fingerprint density at radius 2 is 2.33 bits per heavy atom. The Morgan fingerprint density at radius 3 is 2.80 bits per heavy atom. The molecule has 88 valence electrons. The predicted molar refractivity (Wildman–Crippen MR) is 64.4 cm³/mol. The van der Waals surface area contributed by atoms with Crippen molar-refractivity contribution in [2.24, 2.45) is 5.92 Å². The van der Waals surface area contributed by atoms with Crippen LogP contribution in [0, 0.1) is 5.92 Å². The maximum absolute atomic E-state index is 11.2. The normalized spacial score (nSPS) is 26.1. The van der Waals surface area contributed by atoms with Crippen molar-refractivity contribution in [3.63, 3.8) is 0 Å². The topological polar surface area (TPSA) is 49.3 Å². The minimum atomic E-state index is -0.683. The summed E-state index contributed by atoms with van der Waals surface area (Å²) in [5.41, 5.74) is -0.637. The van der Waals surface area contributed by atoms with Crippen LogP contribution < -0.4 is 5.32 Å². The SMILES string of the molecule is CC(C)CCCNC1(C(=O)O)CCSC1. The lowest BCUT2D eigenvalue weighted by Crippen LogP contribution is -2.52. The van der Waals surface area contributed by atoms with E-state index < -0.39 is 11.5 Å². The molecule has 0 saturated carbocycles. The Kier molecular flexibility index (Phi) is 4.93. The highest BCUT2D eigenvalue weighted by atomic mass is 32.2. The molecule has 3 nitrogen and oxygen atoms in total. The molecular formula is C11H21NO2S. The first-order chi connectivity index (χ1) is 7.07. The van der Waals surface area contributed by atoms with Crippen LogP contribution in [0.25, 0.3) is 0 Å². The molecule has 0 aliphatic carbocycles. The molecule has 1 atom stereocenters. The van der Waals surface area contributed by atoms with Crippen molar-refractivity contribution < 1.29 is 9.90 Å². The summed E-state index contributed by atoms with van der Waals surface area (Å²) in [6.45, 7) is 5.21. The molecule has 1 aliphatic heterocycles. The summed E-state index contributed by atoms with van der Waals surface area (Å²) < 4.78 is 0. The highest BCUT2D eigenvalue weighted by Gasteiger charge is 2.41. The zero-order valence-electron chi connectivity index (χ0n) is 9.58. The Hall–Kier alpha value is -0.220. The van der Waals surface area contributed by atoms with Crippen molar-refractivity contribution in [1.82, 2.24) is 5.32 Å². The molecule has 2 N–H and O–H groups in total. The Labute approximate surface area is 96.0 Å². The number of hydrogen-bond donors (Lipinski definition) is 2. The van der Waals surface area contributed by atoms with E-state index in [-0.39, 0.29) is 0 Å². The number of nitrogens with one attached hydrogen (secondary N) is 1. The molecule has 15 heavy (non-hydrogen) atoms. The Balaban J connectivity index is 2.30. The van der Waals surface area contributed by atoms with Gasteiger partial charge >= 0.3 is 5.97 Å². The molecule has 1 aliphatic rings. The standard InChI is InChI=1S/C11H21NO2S/c1-9(2)4-3-6-12-11(10(13)14)5-7-15-8-11/h9,12H,3-8H2,1-2H3,(H,13,14). The number of rotatable bonds is 6. The van der Waals surface area contributed by atoms with Gasteiger partial charge in [0.1, 0.15) is 5.54 Å². The van der Waals surface area contributed by atoms with Gasteiger partial charge in [0, 0.05) is 5.75 Å². The third-order valence-electron chi connectivity index (χ3n) is 2.85. The Bertz CT molecular complexity index is 213. The number of thioether (sulfide) groups is 1. The van der Waals surface area contributed by atoms with Gasteiger partial charge in [-0.1, -0.05) is 13.8 Å². The van der Waals surface area contributed by atoms with Crippen LogP contribution in [0.1, 0.15) is 33.1 Å². The molecule has 0 aromatic carbocycles. The van der Waals surface area contributed by atoms with Crippen molar-refractivity contribution in [2.75, 3.05) is 18.1 Å². The fourth-order valence-electron chi connectivity index (χ4n) is 1.79. The smallest absolute Gasteiger partial charge is 0.324 e. The summed E-state index contributed by atoms with van der Waals surface area (Å²) in [4.78, 5) is 11.2. The first-order valence-electron chi connectivity index (χ1n) is 5.63. The Morgan fingerprint density at radius 1 is 1.60 bits per heavy atom. The largest absolute Gasteiger partial charge is 0.480 e. The highest BCUT2D eigenvalue weighted by Crippen LogP contribution is 2.28. The van der Waals surface area contributed by atoms with Crippen LogP contribution in [0.15, 0.2) is 0 Å². The van der Waals surface area contributed by atoms with E-state index in [2.05, 4.69) is 19.2 Å². The number of carbonyl (C=O) groups is 1. The van der Waals surface area contributed by atoms with E-state index in [0.717, 1.165) is 31.6 Å². The van der Waals surface area contributed by atoms with Gasteiger partial charge in [0.2, 0.25) is 0 Å². The molecule has 1 rings (SSSR count). The maximum Gasteiger partial charge on any atom is 0.324 e. The van der Waals surface area contributed by atoms with Crippen LogP contribution in [0.3, 0.4) is 0 Å². The highest BCUT2D eigenvalue weighted by molar-refractivity contribution is 7.99. The third kappa shape index (κ3) is 3.68. The molecule has 1 fully saturated rings. The second-order valence-corrected chi connectivity index (χ2v) is 5.76. The van der Waals surface area contributed by atoms with E-state index in [9.17, 15) is 9.90 Å². The second kappa shape index (κ2) is 5.75. The van der Waals surface area contributed by atoms with Crippen molar-refractivity contribution in [2.45, 2.75) is 38.6 Å². The van der Waals surface area contributed by atoms with Gasteiger partial charge in [-0.25, -0.2) is 0 Å². The number of carboxylic acid groups (broad SMARTS) is 1. The van der Waals surface area contributed by atoms with Crippen LogP contribution in [0.4, 0.5) is 0 Å². The number of hydrogen-bond acceptors (Lipinski definition) is 3. The van der Waals surface area contributed by atoms with Gasteiger partial charge in [-0.2, -0.15) is 11.8 Å². The summed E-state index contributed by atoms with van der Waals surface area (Å²) in [6.07, 6.45) is 2.99. The van der Waals surface area contributed by atoms with E-state index in [0.29, 0.717) is 11.7 Å². The van der Waals surface area contributed by atoms with E-state index in [4.69, 9.17) is 0 Å². The summed E-state index contributed by atoms with van der Waals surface area (Å²) in [5, 5.41) is 12.4. The fraction of sp³-hybridized carbons (Fsp3) is 0.909. The average Bonchev–Trinajstić information content (AvgIpc) is 2.62. The van der Waals surface area contributed by atoms with Crippen LogP contribution in [-0.2, 0) is 4.79 Å². The van der Waals surface area contributed by atoms with Gasteiger partial charge in [-0.15, -0.1) is 0 Å². The van der Waals surface area contributed by atoms with Crippen molar-refractivity contribution in [3.8, 4) is 0 Å². The van der Waals surface area contributed by atoms with Crippen LogP contribution >= 0.6 is 11.8 Å². The first-order valence-corrected chi connectivity index (χ1v) is 6.78. The molecule has 4 heteroatoms. The van der Waals surface area contributed by atoms with Crippen LogP contribution in [-0.4, -0.2) is 34.7 Å². The van der Waals surface area contributed by atoms with E-state index in [1.54, 1.807) is 11.8 Å². The maximum atomic E-state index is 11.2. The van der Waals surface area contributed by atoms with Gasteiger partial charge in [0.25, 0.3) is 0 Å². The average molecular weight is 231 g/mol. The molecule has 0 radical (unpaired) electrons. The van der Waals surface area contributed by atoms with Crippen molar-refractivity contribution >= 4 is 17.7 Å². The molecule has 0 spiro atoms. The molecule has 0 aromatic rings. The summed E-state index contributed by atoms with van der Waals surface area (Å²) in [7, 11) is 0. The van der Waals surface area contributed by atoms with Gasteiger partial charge < -0.3 is 10.4 Å². The number of carboxylic acids is 1. The van der Waals surface area contributed by atoms with Crippen molar-refractivity contribution in [3.05, 3.63) is 0 Å². The van der Waals surface area contributed by atoms with E-state index >= 15 is 0 Å². The zero-order chi connectivity index (χ0) is 11.3. The van der Waals surface area contributed by atoms with E-state index in [1.165, 1.54) is 0 Å². The predicted octanol–water partition coefficient (Wildman–Crippen LogP) is 1.97. The fourth-order valence-corrected chi connectivity index (χ4v) is 3.14. The third-order valence-corrected chi connectivity index (χ3v) is 4.04. The minimum Gasteiger partial charge on any atom is -0.480 e. The first kappa shape index (κ1) is 12.8. The van der Waals surface area contributed by atoms with Crippen molar-refractivity contribution in [1.29, 1.82) is 0 Å². The number of aliphatic carboxylic acids is 1. The molecule has 1 saturated heterocycles. The zero-order valence-corrected chi connectivity index (χ0v) is 10.4. The van der Waals surface area contributed by atoms with Gasteiger partial charge in [0.15, 0.2) is 0 Å². The molecule has 0 bridgehead atoms. The summed E-state index contributed by atoms with van der Waals surface area (Å²) in [6, 6.07) is 0. The molecule has 0 aromatic heterocycles. The lowest BCUT2D eigenvalue weighted by molar-refractivity contribution is -0.143. The van der Waals surface area contributed by atoms with E-state index in [1.807, 2.05) is 0 Å². The van der Waals surface area contributed by atoms with Gasteiger partial charge in [0.05, 0.1) is 0 Å². The quantitative estimate of drug-likeness (QED) is 0.686. The molecular weight excluding hydrogens is 210 g/mol. The summed E-state index contributed by atoms with van der Waals surface area (Å²) in [5.74, 6) is 1.69.